The minimum Gasteiger partial charge on any atom is -0.465 e. The van der Waals surface area contributed by atoms with Crippen LogP contribution in [0.3, 0.4) is 0 Å². The molecular formula is C16H18N4O4. The molecule has 0 aliphatic carbocycles. The van der Waals surface area contributed by atoms with Crippen LogP contribution in [-0.4, -0.2) is 41.2 Å². The topological polar surface area (TPSA) is 127 Å². The number of aromatic nitrogens is 1. The second kappa shape index (κ2) is 6.16. The van der Waals surface area contributed by atoms with Crippen LogP contribution in [-0.2, 0) is 4.74 Å². The number of rotatable bonds is 3. The van der Waals surface area contributed by atoms with E-state index in [1.165, 1.54) is 7.11 Å². The molecule has 5 N–H and O–H groups in total. The van der Waals surface area contributed by atoms with Gasteiger partial charge < -0.3 is 15.6 Å². The zero-order valence-corrected chi connectivity index (χ0v) is 13.2. The minimum atomic E-state index is -1.08. The van der Waals surface area contributed by atoms with Crippen molar-refractivity contribution in [1.82, 2.24) is 15.8 Å². The van der Waals surface area contributed by atoms with Crippen molar-refractivity contribution < 1.29 is 19.4 Å². The van der Waals surface area contributed by atoms with Gasteiger partial charge in [-0.15, -0.1) is 0 Å². The highest BCUT2D eigenvalue weighted by molar-refractivity contribution is 6.17. The Labute approximate surface area is 138 Å². The number of fused-ring (bicyclic) bond motifs is 1. The number of nitrogen functional groups attached to an aromatic ring is 1. The quantitative estimate of drug-likeness (QED) is 0.465. The van der Waals surface area contributed by atoms with Gasteiger partial charge in [0.2, 0.25) is 0 Å². The maximum Gasteiger partial charge on any atom is 0.342 e. The van der Waals surface area contributed by atoms with Crippen molar-refractivity contribution in [2.24, 2.45) is 5.92 Å². The first-order valence-electron chi connectivity index (χ1n) is 7.45. The molecule has 3 unspecified atom stereocenters. The molecule has 8 heteroatoms. The third-order valence-electron chi connectivity index (χ3n) is 4.20. The van der Waals surface area contributed by atoms with E-state index in [1.807, 2.05) is 0 Å². The average Bonchev–Trinajstić information content (AvgIpc) is 2.91. The van der Waals surface area contributed by atoms with Crippen LogP contribution in [0.15, 0.2) is 24.3 Å². The molecule has 0 spiro atoms. The summed E-state index contributed by atoms with van der Waals surface area (Å²) in [4.78, 5) is 29.5. The SMILES string of the molecule is COC(=O)c1c(N)nc2ccccc2c1C(=O)C1C(C)NNC1O. The largest absolute Gasteiger partial charge is 0.465 e. The number of hydrogen-bond donors (Lipinski definition) is 4. The number of nitrogens with zero attached hydrogens (tertiary/aromatic N) is 1. The fourth-order valence-electron chi connectivity index (χ4n) is 3.00. The number of ether oxygens (including phenoxy) is 1. The first-order valence-corrected chi connectivity index (χ1v) is 7.45. The molecule has 24 heavy (non-hydrogen) atoms. The first-order chi connectivity index (χ1) is 11.5. The van der Waals surface area contributed by atoms with Crippen molar-refractivity contribution in [2.45, 2.75) is 19.2 Å². The van der Waals surface area contributed by atoms with Crippen LogP contribution in [0.1, 0.15) is 27.6 Å². The van der Waals surface area contributed by atoms with E-state index < -0.39 is 23.9 Å². The molecule has 8 nitrogen and oxygen atoms in total. The lowest BCUT2D eigenvalue weighted by Crippen LogP contribution is -2.34. The Bertz CT molecular complexity index is 813. The number of carbonyl (C=O) groups excluding carboxylic acids is 2. The summed E-state index contributed by atoms with van der Waals surface area (Å²) in [6, 6.07) is 6.56. The summed E-state index contributed by atoms with van der Waals surface area (Å²) < 4.78 is 4.77. The number of nitrogens with two attached hydrogens (primary N) is 1. The van der Waals surface area contributed by atoms with Crippen molar-refractivity contribution in [2.75, 3.05) is 12.8 Å². The molecule has 1 aromatic carbocycles. The van der Waals surface area contributed by atoms with E-state index in [2.05, 4.69) is 15.8 Å². The molecule has 1 saturated heterocycles. The predicted octanol–water partition coefficient (Wildman–Crippen LogP) is 0.217. The van der Waals surface area contributed by atoms with Crippen LogP contribution in [0, 0.1) is 5.92 Å². The van der Waals surface area contributed by atoms with Gasteiger partial charge in [0.1, 0.15) is 17.6 Å². The number of carbonyl (C=O) groups is 2. The number of anilines is 1. The summed E-state index contributed by atoms with van der Waals surface area (Å²) in [6.07, 6.45) is -1.08. The molecule has 2 heterocycles. The number of aliphatic hydroxyl groups is 1. The maximum atomic E-state index is 13.1. The molecule has 0 bridgehead atoms. The Morgan fingerprint density at radius 1 is 1.25 bits per heavy atom. The smallest absolute Gasteiger partial charge is 0.342 e. The number of methoxy groups -OCH3 is 1. The number of hydrazine groups is 1. The van der Waals surface area contributed by atoms with Crippen molar-refractivity contribution in [3.63, 3.8) is 0 Å². The number of nitrogens with one attached hydrogen (secondary N) is 2. The van der Waals surface area contributed by atoms with Gasteiger partial charge in [-0.25, -0.2) is 15.2 Å². The van der Waals surface area contributed by atoms with Crippen molar-refractivity contribution in [3.8, 4) is 0 Å². The predicted molar refractivity (Wildman–Crippen MR) is 87.1 cm³/mol. The molecule has 1 aliphatic rings. The highest BCUT2D eigenvalue weighted by Gasteiger charge is 2.40. The number of esters is 1. The Morgan fingerprint density at radius 2 is 1.96 bits per heavy atom. The van der Waals surface area contributed by atoms with Crippen molar-refractivity contribution in [3.05, 3.63) is 35.4 Å². The van der Waals surface area contributed by atoms with Gasteiger partial charge in [-0.05, 0) is 13.0 Å². The Hall–Kier alpha value is -2.55. The molecular weight excluding hydrogens is 312 g/mol. The number of Topliss-reactive ketones (excluding diaryl/α,β-unsaturated/α-hetero) is 1. The van der Waals surface area contributed by atoms with Gasteiger partial charge >= 0.3 is 5.97 Å². The molecule has 1 aliphatic heterocycles. The van der Waals surface area contributed by atoms with Gasteiger partial charge in [-0.3, -0.25) is 10.2 Å². The number of hydrogen-bond acceptors (Lipinski definition) is 8. The van der Waals surface area contributed by atoms with Crippen molar-refractivity contribution in [1.29, 1.82) is 0 Å². The molecule has 3 atom stereocenters. The van der Waals surface area contributed by atoms with Gasteiger partial charge in [-0.2, -0.15) is 0 Å². The summed E-state index contributed by atoms with van der Waals surface area (Å²) in [5, 5.41) is 10.6. The zero-order chi connectivity index (χ0) is 17.4. The van der Waals surface area contributed by atoms with E-state index >= 15 is 0 Å². The molecule has 2 aromatic rings. The van der Waals surface area contributed by atoms with E-state index in [0.29, 0.717) is 10.9 Å². The standard InChI is InChI=1S/C16H18N4O4/c1-7-10(15(22)20-19-7)13(21)11-8-5-3-4-6-9(8)18-14(17)12(11)16(23)24-2/h3-7,10,15,19-20,22H,1-2H3,(H2,17,18). The van der Waals surface area contributed by atoms with E-state index in [4.69, 9.17) is 10.5 Å². The average molecular weight is 330 g/mol. The molecule has 0 amide bonds. The number of benzene rings is 1. The molecule has 3 rings (SSSR count). The third-order valence-corrected chi connectivity index (χ3v) is 4.20. The number of pyridine rings is 1. The molecule has 1 aromatic heterocycles. The highest BCUT2D eigenvalue weighted by atomic mass is 16.5. The third kappa shape index (κ3) is 2.50. The Kier molecular flexibility index (Phi) is 4.18. The van der Waals surface area contributed by atoms with Crippen LogP contribution < -0.4 is 16.6 Å². The van der Waals surface area contributed by atoms with Crippen LogP contribution in [0.4, 0.5) is 5.82 Å². The van der Waals surface area contributed by atoms with Crippen molar-refractivity contribution >= 4 is 28.5 Å². The minimum absolute atomic E-state index is 0.0764. The van der Waals surface area contributed by atoms with E-state index in [0.717, 1.165) is 0 Å². The summed E-state index contributed by atoms with van der Waals surface area (Å²) in [7, 11) is 1.21. The second-order valence-corrected chi connectivity index (χ2v) is 5.67. The summed E-state index contributed by atoms with van der Waals surface area (Å²) in [6.45, 7) is 1.76. The number of aliphatic hydroxyl groups excluding tert-OH is 1. The fraction of sp³-hybridized carbons (Fsp3) is 0.312. The monoisotopic (exact) mass is 330 g/mol. The summed E-state index contributed by atoms with van der Waals surface area (Å²) in [5.74, 6) is -2.00. The van der Waals surface area contributed by atoms with Gasteiger partial charge in [-0.1, -0.05) is 18.2 Å². The Morgan fingerprint density at radius 3 is 2.58 bits per heavy atom. The first kappa shape index (κ1) is 16.3. The zero-order valence-electron chi connectivity index (χ0n) is 13.2. The molecule has 0 saturated carbocycles. The molecule has 1 fully saturated rings. The van der Waals surface area contributed by atoms with E-state index in [9.17, 15) is 14.7 Å². The summed E-state index contributed by atoms with van der Waals surface area (Å²) >= 11 is 0. The lowest BCUT2D eigenvalue weighted by Gasteiger charge is -2.19. The maximum absolute atomic E-state index is 13.1. The van der Waals surface area contributed by atoms with Gasteiger partial charge in [0.05, 0.1) is 18.5 Å². The fourth-order valence-corrected chi connectivity index (χ4v) is 3.00. The van der Waals surface area contributed by atoms with Gasteiger partial charge in [0.25, 0.3) is 0 Å². The van der Waals surface area contributed by atoms with Crippen LogP contribution in [0.2, 0.25) is 0 Å². The number of para-hydroxylation sites is 1. The highest BCUT2D eigenvalue weighted by Crippen LogP contribution is 2.30. The van der Waals surface area contributed by atoms with Gasteiger partial charge in [0.15, 0.2) is 5.78 Å². The van der Waals surface area contributed by atoms with Gasteiger partial charge in [0, 0.05) is 17.0 Å². The van der Waals surface area contributed by atoms with Crippen LogP contribution in [0.25, 0.3) is 10.9 Å². The Balaban J connectivity index is 2.28. The lowest BCUT2D eigenvalue weighted by molar-refractivity contribution is 0.0587. The second-order valence-electron chi connectivity index (χ2n) is 5.67. The molecule has 126 valence electrons. The van der Waals surface area contributed by atoms with E-state index in [-0.39, 0.29) is 23.0 Å². The molecule has 0 radical (unpaired) electrons. The van der Waals surface area contributed by atoms with Crippen LogP contribution >= 0.6 is 0 Å². The summed E-state index contributed by atoms with van der Waals surface area (Å²) in [5.41, 5.74) is 11.9. The number of ketones is 1. The normalized spacial score (nSPS) is 23.4. The van der Waals surface area contributed by atoms with Crippen LogP contribution in [0.5, 0.6) is 0 Å². The lowest BCUT2D eigenvalue weighted by atomic mass is 9.87. The van der Waals surface area contributed by atoms with E-state index in [1.54, 1.807) is 31.2 Å².